The van der Waals surface area contributed by atoms with Gasteiger partial charge in [-0.1, -0.05) is 5.16 Å². The highest BCUT2D eigenvalue weighted by Crippen LogP contribution is 2.32. The Labute approximate surface area is 131 Å². The minimum absolute atomic E-state index is 0.167. The molecule has 128 valence electrons. The first kappa shape index (κ1) is 17.3. The Morgan fingerprint density at radius 2 is 2.13 bits per heavy atom. The predicted molar refractivity (Wildman–Crippen MR) is 73.3 cm³/mol. The maximum Gasteiger partial charge on any atom is 0.408 e. The van der Waals surface area contributed by atoms with Gasteiger partial charge in [-0.15, -0.1) is 0 Å². The van der Waals surface area contributed by atoms with E-state index in [0.29, 0.717) is 5.76 Å². The van der Waals surface area contributed by atoms with Crippen LogP contribution >= 0.6 is 0 Å². The average molecular weight is 333 g/mol. The van der Waals surface area contributed by atoms with E-state index >= 15 is 0 Å². The number of hydrogen-bond acceptors (Lipinski definition) is 4. The Hall–Kier alpha value is -2.06. The van der Waals surface area contributed by atoms with E-state index in [-0.39, 0.29) is 37.4 Å². The van der Waals surface area contributed by atoms with Crippen molar-refractivity contribution in [1.29, 1.82) is 0 Å². The summed E-state index contributed by atoms with van der Waals surface area (Å²) in [5, 5.41) is 6.20. The third-order valence-electron chi connectivity index (χ3n) is 3.70. The molecule has 1 aromatic rings. The second kappa shape index (κ2) is 6.59. The lowest BCUT2D eigenvalue weighted by Gasteiger charge is -2.40. The number of nitrogens with zero attached hydrogens (tertiary/aromatic N) is 2. The zero-order valence-electron chi connectivity index (χ0n) is 12.8. The van der Waals surface area contributed by atoms with Crippen LogP contribution in [0.25, 0.3) is 0 Å². The van der Waals surface area contributed by atoms with E-state index in [2.05, 4.69) is 10.5 Å². The van der Waals surface area contributed by atoms with Crippen LogP contribution in [0.2, 0.25) is 0 Å². The summed E-state index contributed by atoms with van der Waals surface area (Å²) in [5.74, 6) is -0.536. The largest absolute Gasteiger partial charge is 0.408 e. The Morgan fingerprint density at radius 3 is 2.65 bits per heavy atom. The van der Waals surface area contributed by atoms with Gasteiger partial charge in [-0.05, 0) is 19.8 Å². The first-order valence-corrected chi connectivity index (χ1v) is 7.22. The molecule has 0 saturated carbocycles. The van der Waals surface area contributed by atoms with Gasteiger partial charge in [0.25, 0.3) is 0 Å². The molecule has 1 N–H and O–H groups in total. The van der Waals surface area contributed by atoms with Gasteiger partial charge < -0.3 is 14.7 Å². The molecule has 2 atom stereocenters. The summed E-state index contributed by atoms with van der Waals surface area (Å²) in [7, 11) is 0. The molecular weight excluding hydrogens is 315 g/mol. The third kappa shape index (κ3) is 4.46. The number of rotatable bonds is 3. The highest BCUT2D eigenvalue weighted by atomic mass is 19.4. The molecule has 1 aliphatic rings. The van der Waals surface area contributed by atoms with Crippen molar-refractivity contribution in [2.75, 3.05) is 6.54 Å². The monoisotopic (exact) mass is 333 g/mol. The number of alkyl halides is 3. The van der Waals surface area contributed by atoms with E-state index in [4.69, 9.17) is 4.52 Å². The number of aromatic nitrogens is 1. The fraction of sp³-hybridized carbons (Fsp3) is 0.643. The van der Waals surface area contributed by atoms with E-state index in [1.165, 1.54) is 13.0 Å². The van der Waals surface area contributed by atoms with Gasteiger partial charge >= 0.3 is 6.18 Å². The number of carbonyl (C=O) groups excluding carboxylic acids is 2. The molecule has 2 rings (SSSR count). The second-order valence-electron chi connectivity index (χ2n) is 5.68. The van der Waals surface area contributed by atoms with Crippen molar-refractivity contribution in [3.05, 3.63) is 17.5 Å². The lowest BCUT2D eigenvalue weighted by atomic mass is 9.97. The standard InChI is InChI=1S/C14H18F3N3O3/c1-8-5-11(19-23-8)6-13(22)20-7-10(18-9(2)21)3-4-12(20)14(15,16)17/h5,10,12H,3-4,6-7H2,1-2H3,(H,18,21). The fourth-order valence-corrected chi connectivity index (χ4v) is 2.75. The van der Waals surface area contributed by atoms with Crippen LogP contribution in [0.15, 0.2) is 10.6 Å². The third-order valence-corrected chi connectivity index (χ3v) is 3.70. The summed E-state index contributed by atoms with van der Waals surface area (Å²) >= 11 is 0. The van der Waals surface area contributed by atoms with Crippen molar-refractivity contribution in [1.82, 2.24) is 15.4 Å². The van der Waals surface area contributed by atoms with Crippen LogP contribution in [0.4, 0.5) is 13.2 Å². The molecule has 2 unspecified atom stereocenters. The summed E-state index contributed by atoms with van der Waals surface area (Å²) in [6.45, 7) is 2.76. The Morgan fingerprint density at radius 1 is 1.43 bits per heavy atom. The summed E-state index contributed by atoms with van der Waals surface area (Å²) in [6, 6.07) is -0.808. The van der Waals surface area contributed by atoms with E-state index < -0.39 is 24.2 Å². The number of amides is 2. The average Bonchev–Trinajstić information content (AvgIpc) is 2.82. The maximum atomic E-state index is 13.2. The topological polar surface area (TPSA) is 75.4 Å². The number of nitrogens with one attached hydrogen (secondary N) is 1. The minimum Gasteiger partial charge on any atom is -0.361 e. The minimum atomic E-state index is -4.50. The molecule has 1 aliphatic heterocycles. The van der Waals surface area contributed by atoms with Crippen LogP contribution in [-0.4, -0.2) is 46.7 Å². The summed E-state index contributed by atoms with van der Waals surface area (Å²) in [4.78, 5) is 24.2. The molecular formula is C14H18F3N3O3. The van der Waals surface area contributed by atoms with E-state index in [1.54, 1.807) is 6.92 Å². The van der Waals surface area contributed by atoms with Crippen LogP contribution in [0, 0.1) is 6.92 Å². The number of carbonyl (C=O) groups is 2. The van der Waals surface area contributed by atoms with Crippen LogP contribution in [0.3, 0.4) is 0 Å². The van der Waals surface area contributed by atoms with Crippen molar-refractivity contribution in [2.45, 2.75) is 51.4 Å². The lowest BCUT2D eigenvalue weighted by molar-refractivity contribution is -0.197. The predicted octanol–water partition coefficient (Wildman–Crippen LogP) is 1.58. The molecule has 6 nitrogen and oxygen atoms in total. The normalized spacial score (nSPS) is 22.0. The van der Waals surface area contributed by atoms with Crippen LogP contribution in [-0.2, 0) is 16.0 Å². The Kier molecular flexibility index (Phi) is 4.96. The van der Waals surface area contributed by atoms with Crippen molar-refractivity contribution in [3.63, 3.8) is 0 Å². The molecule has 1 fully saturated rings. The van der Waals surface area contributed by atoms with E-state index in [1.807, 2.05) is 0 Å². The lowest BCUT2D eigenvalue weighted by Crippen LogP contribution is -2.58. The summed E-state index contributed by atoms with van der Waals surface area (Å²) < 4.78 is 44.3. The highest BCUT2D eigenvalue weighted by Gasteiger charge is 2.48. The molecule has 23 heavy (non-hydrogen) atoms. The van der Waals surface area contributed by atoms with Crippen LogP contribution in [0.1, 0.15) is 31.2 Å². The van der Waals surface area contributed by atoms with Crippen molar-refractivity contribution in [2.24, 2.45) is 0 Å². The van der Waals surface area contributed by atoms with Gasteiger partial charge in [-0.25, -0.2) is 0 Å². The fourth-order valence-electron chi connectivity index (χ4n) is 2.75. The van der Waals surface area contributed by atoms with Crippen molar-refractivity contribution < 1.29 is 27.3 Å². The number of piperidine rings is 1. The zero-order chi connectivity index (χ0) is 17.2. The number of halogens is 3. The highest BCUT2D eigenvalue weighted by molar-refractivity contribution is 5.79. The molecule has 2 amide bonds. The maximum absolute atomic E-state index is 13.2. The number of aryl methyl sites for hydroxylation is 1. The molecule has 9 heteroatoms. The van der Waals surface area contributed by atoms with Gasteiger partial charge in [0, 0.05) is 25.6 Å². The molecule has 0 bridgehead atoms. The summed E-state index contributed by atoms with van der Waals surface area (Å²) in [6.07, 6.45) is -4.83. The van der Waals surface area contributed by atoms with Gasteiger partial charge in [0.2, 0.25) is 11.8 Å². The molecule has 0 aromatic carbocycles. The van der Waals surface area contributed by atoms with E-state index in [0.717, 1.165) is 4.90 Å². The smallest absolute Gasteiger partial charge is 0.361 e. The quantitative estimate of drug-likeness (QED) is 0.911. The van der Waals surface area contributed by atoms with Gasteiger partial charge in [-0.3, -0.25) is 9.59 Å². The SMILES string of the molecule is CC(=O)NC1CCC(C(F)(F)F)N(C(=O)Cc2cc(C)on2)C1. The first-order chi connectivity index (χ1) is 10.7. The number of likely N-dealkylation sites (tertiary alicyclic amines) is 1. The first-order valence-electron chi connectivity index (χ1n) is 7.22. The van der Waals surface area contributed by atoms with Crippen LogP contribution in [0.5, 0.6) is 0 Å². The van der Waals surface area contributed by atoms with Gasteiger partial charge in [-0.2, -0.15) is 13.2 Å². The summed E-state index contributed by atoms with van der Waals surface area (Å²) in [5.41, 5.74) is 0.287. The van der Waals surface area contributed by atoms with E-state index in [9.17, 15) is 22.8 Å². The Bertz CT molecular complexity index is 585. The molecule has 0 aliphatic carbocycles. The van der Waals surface area contributed by atoms with Crippen molar-refractivity contribution in [3.8, 4) is 0 Å². The second-order valence-corrected chi connectivity index (χ2v) is 5.68. The van der Waals surface area contributed by atoms with Gasteiger partial charge in [0.1, 0.15) is 11.8 Å². The molecule has 0 radical (unpaired) electrons. The molecule has 1 saturated heterocycles. The van der Waals surface area contributed by atoms with Gasteiger partial charge in [0.15, 0.2) is 0 Å². The van der Waals surface area contributed by atoms with Crippen molar-refractivity contribution >= 4 is 11.8 Å². The zero-order valence-corrected chi connectivity index (χ0v) is 12.8. The molecule has 0 spiro atoms. The van der Waals surface area contributed by atoms with Gasteiger partial charge in [0.05, 0.1) is 12.1 Å². The van der Waals surface area contributed by atoms with Crippen LogP contribution < -0.4 is 5.32 Å². The Balaban J connectivity index is 2.13. The number of hydrogen-bond donors (Lipinski definition) is 1. The molecule has 1 aromatic heterocycles. The molecule has 2 heterocycles.